The molecule has 2 aromatic carbocycles. The minimum Gasteiger partial charge on any atom is -0.258 e. The number of hydrogen-bond donors (Lipinski definition) is 0. The lowest BCUT2D eigenvalue weighted by Gasteiger charge is -2.05. The van der Waals surface area contributed by atoms with Gasteiger partial charge in [0.1, 0.15) is 0 Å². The fourth-order valence-electron chi connectivity index (χ4n) is 2.36. The molecule has 0 aliphatic carbocycles. The van der Waals surface area contributed by atoms with Gasteiger partial charge in [-0.25, -0.2) is 4.68 Å². The molecule has 0 fully saturated rings. The van der Waals surface area contributed by atoms with Crippen molar-refractivity contribution >= 4 is 5.69 Å². The van der Waals surface area contributed by atoms with Crippen LogP contribution in [-0.2, 0) is 6.42 Å². The van der Waals surface area contributed by atoms with Gasteiger partial charge in [-0.1, -0.05) is 37.3 Å². The van der Waals surface area contributed by atoms with E-state index in [1.807, 2.05) is 35.0 Å². The van der Waals surface area contributed by atoms with Crippen LogP contribution >= 0.6 is 0 Å². The first kappa shape index (κ1) is 14.0. The molecule has 0 spiro atoms. The van der Waals surface area contributed by atoms with Crippen LogP contribution in [0.2, 0.25) is 0 Å². The number of rotatable bonds is 4. The maximum absolute atomic E-state index is 10.7. The lowest BCUT2D eigenvalue weighted by molar-refractivity contribution is -0.384. The third-order valence-corrected chi connectivity index (χ3v) is 3.52. The summed E-state index contributed by atoms with van der Waals surface area (Å²) in [7, 11) is 0. The lowest BCUT2D eigenvalue weighted by atomic mass is 10.1. The topological polar surface area (TPSA) is 61.0 Å². The molecule has 3 rings (SSSR count). The molecule has 0 atom stereocenters. The molecule has 110 valence electrons. The van der Waals surface area contributed by atoms with Gasteiger partial charge in [0.25, 0.3) is 5.69 Å². The number of hydrogen-bond acceptors (Lipinski definition) is 3. The molecule has 3 aromatic rings. The van der Waals surface area contributed by atoms with Crippen molar-refractivity contribution in [3.8, 4) is 16.9 Å². The summed E-state index contributed by atoms with van der Waals surface area (Å²) in [5.74, 6) is 0. The maximum atomic E-state index is 10.7. The molecule has 0 aliphatic rings. The van der Waals surface area contributed by atoms with Crippen LogP contribution in [0.1, 0.15) is 12.6 Å². The SMILES string of the molecule is CCc1cc(-c2ccccc2)nn1-c1ccc([N+](=O)[O-])cc1. The Labute approximate surface area is 128 Å². The number of benzene rings is 2. The molecule has 0 amide bonds. The molecule has 0 saturated carbocycles. The molecule has 0 bridgehead atoms. The van der Waals surface area contributed by atoms with Crippen LogP contribution in [0.4, 0.5) is 5.69 Å². The first-order valence-corrected chi connectivity index (χ1v) is 7.08. The number of non-ortho nitro benzene ring substituents is 1. The van der Waals surface area contributed by atoms with Crippen molar-refractivity contribution in [2.75, 3.05) is 0 Å². The Kier molecular flexibility index (Phi) is 3.70. The van der Waals surface area contributed by atoms with Crippen molar-refractivity contribution < 1.29 is 4.92 Å². The highest BCUT2D eigenvalue weighted by Crippen LogP contribution is 2.23. The monoisotopic (exact) mass is 293 g/mol. The van der Waals surface area contributed by atoms with E-state index >= 15 is 0 Å². The summed E-state index contributed by atoms with van der Waals surface area (Å²) in [5.41, 5.74) is 3.92. The largest absolute Gasteiger partial charge is 0.269 e. The molecule has 0 saturated heterocycles. The normalized spacial score (nSPS) is 10.6. The zero-order chi connectivity index (χ0) is 15.5. The molecule has 1 aromatic heterocycles. The van der Waals surface area contributed by atoms with E-state index in [0.717, 1.165) is 29.1 Å². The Balaban J connectivity index is 2.03. The lowest BCUT2D eigenvalue weighted by Crippen LogP contribution is -2.01. The standard InChI is InChI=1S/C17H15N3O2/c1-2-14-12-17(13-6-4-3-5-7-13)18-19(14)15-8-10-16(11-9-15)20(21)22/h3-12H,2H2,1H3. The summed E-state index contributed by atoms with van der Waals surface area (Å²) in [6, 6.07) is 18.4. The second-order valence-corrected chi connectivity index (χ2v) is 4.93. The maximum Gasteiger partial charge on any atom is 0.269 e. The zero-order valence-electron chi connectivity index (χ0n) is 12.1. The molecule has 0 radical (unpaired) electrons. The van der Waals surface area contributed by atoms with Gasteiger partial charge in [-0.3, -0.25) is 10.1 Å². The Morgan fingerprint density at radius 1 is 1.09 bits per heavy atom. The van der Waals surface area contributed by atoms with Gasteiger partial charge in [-0.2, -0.15) is 5.10 Å². The molecule has 5 heteroatoms. The molecular formula is C17H15N3O2. The van der Waals surface area contributed by atoms with Crippen molar-refractivity contribution in [3.63, 3.8) is 0 Å². The second kappa shape index (κ2) is 5.81. The summed E-state index contributed by atoms with van der Waals surface area (Å²) in [6.07, 6.45) is 0.830. The van der Waals surface area contributed by atoms with E-state index in [4.69, 9.17) is 0 Å². The van der Waals surface area contributed by atoms with Gasteiger partial charge in [0.15, 0.2) is 0 Å². The highest BCUT2D eigenvalue weighted by atomic mass is 16.6. The summed E-state index contributed by atoms with van der Waals surface area (Å²) in [5, 5.41) is 15.4. The average Bonchev–Trinajstić information content (AvgIpc) is 3.00. The predicted molar refractivity (Wildman–Crippen MR) is 85.0 cm³/mol. The Hall–Kier alpha value is -2.95. The minimum atomic E-state index is -0.400. The van der Waals surface area contributed by atoms with E-state index in [9.17, 15) is 10.1 Å². The Morgan fingerprint density at radius 2 is 1.77 bits per heavy atom. The highest BCUT2D eigenvalue weighted by molar-refractivity contribution is 5.60. The molecule has 0 aliphatic heterocycles. The van der Waals surface area contributed by atoms with Crippen LogP contribution in [0.5, 0.6) is 0 Å². The van der Waals surface area contributed by atoms with Gasteiger partial charge in [0.05, 0.1) is 16.3 Å². The van der Waals surface area contributed by atoms with Gasteiger partial charge in [0.2, 0.25) is 0 Å². The third kappa shape index (κ3) is 2.61. The van der Waals surface area contributed by atoms with Crippen LogP contribution in [0, 0.1) is 10.1 Å². The van der Waals surface area contributed by atoms with E-state index in [-0.39, 0.29) is 5.69 Å². The summed E-state index contributed by atoms with van der Waals surface area (Å²) < 4.78 is 1.84. The van der Waals surface area contributed by atoms with Gasteiger partial charge < -0.3 is 0 Å². The third-order valence-electron chi connectivity index (χ3n) is 3.52. The molecule has 0 unspecified atom stereocenters. The average molecular weight is 293 g/mol. The van der Waals surface area contributed by atoms with Crippen molar-refractivity contribution in [3.05, 3.63) is 76.5 Å². The van der Waals surface area contributed by atoms with Crippen LogP contribution in [0.25, 0.3) is 16.9 Å². The number of aromatic nitrogens is 2. The summed E-state index contributed by atoms with van der Waals surface area (Å²) in [6.45, 7) is 2.06. The number of nitro groups is 1. The molecule has 1 heterocycles. The van der Waals surface area contributed by atoms with Crippen molar-refractivity contribution in [1.82, 2.24) is 9.78 Å². The van der Waals surface area contributed by atoms with Crippen LogP contribution in [-0.4, -0.2) is 14.7 Å². The summed E-state index contributed by atoms with van der Waals surface area (Å²) >= 11 is 0. The Morgan fingerprint density at radius 3 is 2.36 bits per heavy atom. The molecule has 22 heavy (non-hydrogen) atoms. The highest BCUT2D eigenvalue weighted by Gasteiger charge is 2.11. The van der Waals surface area contributed by atoms with E-state index < -0.39 is 4.92 Å². The smallest absolute Gasteiger partial charge is 0.258 e. The van der Waals surface area contributed by atoms with Crippen LogP contribution < -0.4 is 0 Å². The molecule has 0 N–H and O–H groups in total. The number of nitrogens with zero attached hydrogens (tertiary/aromatic N) is 3. The first-order valence-electron chi connectivity index (χ1n) is 7.08. The first-order chi connectivity index (χ1) is 10.7. The number of aryl methyl sites for hydroxylation is 1. The van der Waals surface area contributed by atoms with Gasteiger partial charge in [-0.05, 0) is 24.6 Å². The van der Waals surface area contributed by atoms with E-state index in [1.165, 1.54) is 12.1 Å². The molecular weight excluding hydrogens is 278 g/mol. The Bertz CT molecular complexity index is 793. The fourth-order valence-corrected chi connectivity index (χ4v) is 2.36. The van der Waals surface area contributed by atoms with Gasteiger partial charge in [0, 0.05) is 23.4 Å². The van der Waals surface area contributed by atoms with E-state index in [2.05, 4.69) is 18.1 Å². The zero-order valence-corrected chi connectivity index (χ0v) is 12.1. The van der Waals surface area contributed by atoms with Crippen LogP contribution in [0.3, 0.4) is 0 Å². The van der Waals surface area contributed by atoms with Crippen LogP contribution in [0.15, 0.2) is 60.7 Å². The van der Waals surface area contributed by atoms with E-state index in [0.29, 0.717) is 0 Å². The minimum absolute atomic E-state index is 0.0808. The van der Waals surface area contributed by atoms with Gasteiger partial charge >= 0.3 is 0 Å². The van der Waals surface area contributed by atoms with Gasteiger partial charge in [-0.15, -0.1) is 0 Å². The van der Waals surface area contributed by atoms with E-state index in [1.54, 1.807) is 12.1 Å². The number of nitro benzene ring substituents is 1. The van der Waals surface area contributed by atoms with Crippen molar-refractivity contribution in [2.24, 2.45) is 0 Å². The van der Waals surface area contributed by atoms with Crippen molar-refractivity contribution in [1.29, 1.82) is 0 Å². The summed E-state index contributed by atoms with van der Waals surface area (Å²) in [4.78, 5) is 10.3. The fraction of sp³-hybridized carbons (Fsp3) is 0.118. The predicted octanol–water partition coefficient (Wildman–Crippen LogP) is 4.01. The quantitative estimate of drug-likeness (QED) is 0.539. The second-order valence-electron chi connectivity index (χ2n) is 4.93. The van der Waals surface area contributed by atoms with Crippen molar-refractivity contribution in [2.45, 2.75) is 13.3 Å². The molecule has 5 nitrogen and oxygen atoms in total.